The third-order valence-corrected chi connectivity index (χ3v) is 4.71. The number of carbonyl (C=O) groups is 1. The highest BCUT2D eigenvalue weighted by atomic mass is 32.2. The minimum Gasteiger partial charge on any atom is -0.494 e. The summed E-state index contributed by atoms with van der Waals surface area (Å²) in [5, 5.41) is 2.95. The van der Waals surface area contributed by atoms with E-state index in [1.165, 1.54) is 0 Å². The molecule has 0 aliphatic carbocycles. The first-order valence-electron chi connectivity index (χ1n) is 8.75. The first-order valence-corrected chi connectivity index (χ1v) is 10.6. The van der Waals surface area contributed by atoms with Crippen LogP contribution in [0.2, 0.25) is 0 Å². The molecule has 0 unspecified atom stereocenters. The van der Waals surface area contributed by atoms with E-state index in [4.69, 9.17) is 4.74 Å². The molecule has 0 aliphatic heterocycles. The molecule has 0 saturated heterocycles. The van der Waals surface area contributed by atoms with Gasteiger partial charge in [0.25, 0.3) is 0 Å². The molecule has 1 N–H and O–H groups in total. The average Bonchev–Trinajstić information content (AvgIpc) is 2.41. The van der Waals surface area contributed by atoms with Gasteiger partial charge in [0.15, 0.2) is 0 Å². The molecule has 0 spiro atoms. The summed E-state index contributed by atoms with van der Waals surface area (Å²) >= 11 is 0. The largest absolute Gasteiger partial charge is 0.494 e. The molecule has 0 atom stereocenters. The van der Waals surface area contributed by atoms with E-state index >= 15 is 0 Å². The van der Waals surface area contributed by atoms with Gasteiger partial charge in [-0.05, 0) is 56.9 Å². The normalized spacial score (nSPS) is 12.6. The number of nitrogens with one attached hydrogen (secondary N) is 1. The number of nitrogens with zero attached hydrogens (tertiary/aromatic N) is 1. The van der Waals surface area contributed by atoms with Crippen molar-refractivity contribution in [3.8, 4) is 5.75 Å². The van der Waals surface area contributed by atoms with E-state index in [0.29, 0.717) is 18.0 Å². The van der Waals surface area contributed by atoms with Gasteiger partial charge in [0.05, 0.1) is 18.6 Å². The molecule has 0 aliphatic rings. The fourth-order valence-corrected chi connectivity index (χ4v) is 4.05. The van der Waals surface area contributed by atoms with Crippen molar-refractivity contribution in [2.75, 3.05) is 23.7 Å². The molecule has 0 bridgehead atoms. The molecular formula is C19H32N2O4S. The van der Waals surface area contributed by atoms with E-state index in [0.717, 1.165) is 17.0 Å². The Morgan fingerprint density at radius 2 is 1.65 bits per heavy atom. The zero-order valence-electron chi connectivity index (χ0n) is 16.9. The number of hydrogen-bond acceptors (Lipinski definition) is 4. The maximum absolute atomic E-state index is 12.5. The first-order chi connectivity index (χ1) is 11.7. The van der Waals surface area contributed by atoms with Crippen LogP contribution < -0.4 is 14.4 Å². The predicted molar refractivity (Wildman–Crippen MR) is 106 cm³/mol. The van der Waals surface area contributed by atoms with Crippen LogP contribution in [0.15, 0.2) is 24.3 Å². The molecule has 0 heterocycles. The average molecular weight is 385 g/mol. The van der Waals surface area contributed by atoms with Gasteiger partial charge in [0.1, 0.15) is 12.3 Å². The lowest BCUT2D eigenvalue weighted by Gasteiger charge is -2.34. The van der Waals surface area contributed by atoms with E-state index in [1.54, 1.807) is 24.3 Å². The summed E-state index contributed by atoms with van der Waals surface area (Å²) in [6.45, 7) is 12.3. The SMILES string of the molecule is CCOc1ccc(N(CC(=O)NC(C)(C)CC(C)(C)C)S(C)(=O)=O)cc1. The van der Waals surface area contributed by atoms with Gasteiger partial charge in [-0.2, -0.15) is 0 Å². The topological polar surface area (TPSA) is 75.7 Å². The van der Waals surface area contributed by atoms with Crippen molar-refractivity contribution in [3.05, 3.63) is 24.3 Å². The maximum atomic E-state index is 12.5. The standard InChI is InChI=1S/C19H32N2O4S/c1-8-25-16-11-9-15(10-12-16)21(26(7,23)24)13-17(22)20-19(5,6)14-18(2,3)4/h9-12H,8,13-14H2,1-7H3,(H,20,22). The van der Waals surface area contributed by atoms with Crippen molar-refractivity contribution in [2.45, 2.75) is 53.5 Å². The van der Waals surface area contributed by atoms with Gasteiger partial charge in [0, 0.05) is 5.54 Å². The van der Waals surface area contributed by atoms with Crippen LogP contribution in [-0.4, -0.2) is 39.3 Å². The van der Waals surface area contributed by atoms with Crippen LogP contribution in [0.5, 0.6) is 5.75 Å². The van der Waals surface area contributed by atoms with Gasteiger partial charge in [-0.15, -0.1) is 0 Å². The number of anilines is 1. The van der Waals surface area contributed by atoms with Crippen LogP contribution in [0, 0.1) is 5.41 Å². The van der Waals surface area contributed by atoms with Gasteiger partial charge >= 0.3 is 0 Å². The number of rotatable bonds is 8. The fraction of sp³-hybridized carbons (Fsp3) is 0.632. The number of hydrogen-bond donors (Lipinski definition) is 1. The minimum atomic E-state index is -3.60. The van der Waals surface area contributed by atoms with E-state index in [-0.39, 0.29) is 17.9 Å². The second-order valence-electron chi connectivity index (χ2n) is 8.37. The third kappa shape index (κ3) is 7.64. The van der Waals surface area contributed by atoms with Crippen LogP contribution in [0.1, 0.15) is 48.0 Å². The van der Waals surface area contributed by atoms with Crippen LogP contribution in [-0.2, 0) is 14.8 Å². The van der Waals surface area contributed by atoms with Crippen molar-refractivity contribution in [1.82, 2.24) is 5.32 Å². The highest BCUT2D eigenvalue weighted by Gasteiger charge is 2.29. The summed E-state index contributed by atoms with van der Waals surface area (Å²) in [7, 11) is -3.60. The van der Waals surface area contributed by atoms with Crippen molar-refractivity contribution >= 4 is 21.6 Å². The Balaban J connectivity index is 2.93. The summed E-state index contributed by atoms with van der Waals surface area (Å²) in [6.07, 6.45) is 1.87. The summed E-state index contributed by atoms with van der Waals surface area (Å²) in [5.74, 6) is 0.319. The molecule has 0 saturated carbocycles. The molecule has 1 amide bonds. The Morgan fingerprint density at radius 3 is 2.08 bits per heavy atom. The maximum Gasteiger partial charge on any atom is 0.241 e. The second kappa shape index (κ2) is 8.29. The zero-order valence-corrected chi connectivity index (χ0v) is 17.7. The number of benzene rings is 1. The fourth-order valence-electron chi connectivity index (χ4n) is 3.19. The number of sulfonamides is 1. The van der Waals surface area contributed by atoms with Gasteiger partial charge < -0.3 is 10.1 Å². The lowest BCUT2D eigenvalue weighted by molar-refractivity contribution is -0.121. The van der Waals surface area contributed by atoms with E-state index in [1.807, 2.05) is 20.8 Å². The summed E-state index contributed by atoms with van der Waals surface area (Å²) < 4.78 is 30.8. The van der Waals surface area contributed by atoms with Crippen LogP contribution in [0.4, 0.5) is 5.69 Å². The van der Waals surface area contributed by atoms with Gasteiger partial charge in [0.2, 0.25) is 15.9 Å². The van der Waals surface area contributed by atoms with Crippen molar-refractivity contribution in [1.29, 1.82) is 0 Å². The van der Waals surface area contributed by atoms with Crippen LogP contribution in [0.25, 0.3) is 0 Å². The van der Waals surface area contributed by atoms with Crippen LogP contribution >= 0.6 is 0 Å². The Kier molecular flexibility index (Phi) is 7.10. The Labute approximate surface area is 158 Å². The van der Waals surface area contributed by atoms with Gasteiger partial charge in [-0.1, -0.05) is 20.8 Å². The molecular weight excluding hydrogens is 352 g/mol. The molecule has 1 aromatic carbocycles. The number of amides is 1. The predicted octanol–water partition coefficient (Wildman–Crippen LogP) is 3.18. The molecule has 0 fully saturated rings. The van der Waals surface area contributed by atoms with E-state index < -0.39 is 15.6 Å². The third-order valence-electron chi connectivity index (χ3n) is 3.57. The van der Waals surface area contributed by atoms with Gasteiger partial charge in [-0.25, -0.2) is 8.42 Å². The van der Waals surface area contributed by atoms with Crippen molar-refractivity contribution in [2.24, 2.45) is 5.41 Å². The highest BCUT2D eigenvalue weighted by molar-refractivity contribution is 7.92. The smallest absolute Gasteiger partial charge is 0.241 e. The Bertz CT molecular complexity index is 704. The summed E-state index contributed by atoms with van der Waals surface area (Å²) in [5.41, 5.74) is 0.0412. The molecule has 0 radical (unpaired) electrons. The monoisotopic (exact) mass is 384 g/mol. The molecule has 148 valence electrons. The quantitative estimate of drug-likeness (QED) is 0.747. The zero-order chi connectivity index (χ0) is 20.2. The van der Waals surface area contributed by atoms with Crippen LogP contribution in [0.3, 0.4) is 0 Å². The molecule has 6 nitrogen and oxygen atoms in total. The molecule has 26 heavy (non-hydrogen) atoms. The van der Waals surface area contributed by atoms with Crippen molar-refractivity contribution in [3.63, 3.8) is 0 Å². The van der Waals surface area contributed by atoms with Crippen molar-refractivity contribution < 1.29 is 17.9 Å². The summed E-state index contributed by atoms with van der Waals surface area (Å²) in [6, 6.07) is 6.66. The molecule has 0 aromatic heterocycles. The highest BCUT2D eigenvalue weighted by Crippen LogP contribution is 2.27. The van der Waals surface area contributed by atoms with Gasteiger partial charge in [-0.3, -0.25) is 9.10 Å². The Morgan fingerprint density at radius 1 is 1.12 bits per heavy atom. The molecule has 7 heteroatoms. The molecule has 1 aromatic rings. The second-order valence-corrected chi connectivity index (χ2v) is 10.3. The number of ether oxygens (including phenoxy) is 1. The lowest BCUT2D eigenvalue weighted by atomic mass is 9.82. The van der Waals surface area contributed by atoms with E-state index in [2.05, 4.69) is 26.1 Å². The molecule has 1 rings (SSSR count). The van der Waals surface area contributed by atoms with E-state index in [9.17, 15) is 13.2 Å². The Hall–Kier alpha value is -1.76. The minimum absolute atomic E-state index is 0.0441. The summed E-state index contributed by atoms with van der Waals surface area (Å²) in [4.78, 5) is 12.5. The number of carbonyl (C=O) groups excluding carboxylic acids is 1. The lowest BCUT2D eigenvalue weighted by Crippen LogP contribution is -2.50. The first kappa shape index (κ1) is 22.3.